The van der Waals surface area contributed by atoms with Crippen LogP contribution >= 0.6 is 0 Å². The molecule has 0 radical (unpaired) electrons. The molecule has 0 bridgehead atoms. The van der Waals surface area contributed by atoms with Gasteiger partial charge in [-0.15, -0.1) is 0 Å². The Labute approximate surface area is 93.5 Å². The zero-order chi connectivity index (χ0) is 11.5. The lowest BCUT2D eigenvalue weighted by Crippen LogP contribution is -1.91. The maximum Gasteiger partial charge on any atom is 0.125 e. The third kappa shape index (κ3) is 1.98. The Balaban J connectivity index is 2.49. The van der Waals surface area contributed by atoms with Gasteiger partial charge in [-0.2, -0.15) is 0 Å². The summed E-state index contributed by atoms with van der Waals surface area (Å²) in [6.45, 7) is 0. The summed E-state index contributed by atoms with van der Waals surface area (Å²) in [4.78, 5) is 0. The van der Waals surface area contributed by atoms with Gasteiger partial charge in [0.25, 0.3) is 0 Å². The Morgan fingerprint density at radius 3 is 2.62 bits per heavy atom. The molecular weight excluding hydrogens is 205 g/mol. The first kappa shape index (κ1) is 10.5. The number of nitrogen functional groups attached to an aromatic ring is 1. The van der Waals surface area contributed by atoms with Crippen LogP contribution in [-0.4, -0.2) is 7.11 Å². The lowest BCUT2D eigenvalue weighted by Gasteiger charge is -2.07. The van der Waals surface area contributed by atoms with Gasteiger partial charge in [-0.05, 0) is 35.9 Å². The summed E-state index contributed by atoms with van der Waals surface area (Å²) in [5, 5.41) is 0. The molecule has 0 saturated heterocycles. The molecule has 0 fully saturated rings. The van der Waals surface area contributed by atoms with Crippen LogP contribution in [0.15, 0.2) is 42.5 Å². The van der Waals surface area contributed by atoms with Gasteiger partial charge in [-0.25, -0.2) is 4.39 Å². The topological polar surface area (TPSA) is 35.2 Å². The van der Waals surface area contributed by atoms with Gasteiger partial charge < -0.3 is 10.5 Å². The maximum atomic E-state index is 12.9. The number of ether oxygens (including phenoxy) is 1. The Hall–Kier alpha value is -2.03. The predicted molar refractivity (Wildman–Crippen MR) is 62.8 cm³/mol. The molecule has 2 N–H and O–H groups in total. The molecule has 0 atom stereocenters. The monoisotopic (exact) mass is 217 g/mol. The molecule has 2 nitrogen and oxygen atoms in total. The lowest BCUT2D eigenvalue weighted by molar-refractivity contribution is 0.415. The highest BCUT2D eigenvalue weighted by atomic mass is 19.1. The van der Waals surface area contributed by atoms with Crippen molar-refractivity contribution >= 4 is 5.69 Å². The Morgan fingerprint density at radius 1 is 1.12 bits per heavy atom. The van der Waals surface area contributed by atoms with Crippen molar-refractivity contribution < 1.29 is 9.13 Å². The van der Waals surface area contributed by atoms with Crippen molar-refractivity contribution in [2.45, 2.75) is 0 Å². The first-order chi connectivity index (χ1) is 7.70. The number of benzene rings is 2. The number of rotatable bonds is 2. The van der Waals surface area contributed by atoms with Crippen molar-refractivity contribution in [1.29, 1.82) is 0 Å². The molecule has 0 saturated carbocycles. The largest absolute Gasteiger partial charge is 0.497 e. The second-order valence-corrected chi connectivity index (χ2v) is 3.46. The highest BCUT2D eigenvalue weighted by Gasteiger charge is 2.04. The smallest absolute Gasteiger partial charge is 0.125 e. The molecule has 0 aliphatic heterocycles. The molecule has 3 heteroatoms. The SMILES string of the molecule is COc1cccc(-c2ccc(F)cc2N)c1. The zero-order valence-electron chi connectivity index (χ0n) is 8.91. The van der Waals surface area contributed by atoms with Crippen molar-refractivity contribution in [2.24, 2.45) is 0 Å². The van der Waals surface area contributed by atoms with Crippen molar-refractivity contribution in [1.82, 2.24) is 0 Å². The highest BCUT2D eigenvalue weighted by molar-refractivity contribution is 5.76. The van der Waals surface area contributed by atoms with E-state index in [1.54, 1.807) is 13.2 Å². The normalized spacial score (nSPS) is 10.1. The van der Waals surface area contributed by atoms with Crippen molar-refractivity contribution in [3.8, 4) is 16.9 Å². The van der Waals surface area contributed by atoms with Crippen LogP contribution < -0.4 is 10.5 Å². The fraction of sp³-hybridized carbons (Fsp3) is 0.0769. The van der Waals surface area contributed by atoms with Crippen molar-refractivity contribution in [3.63, 3.8) is 0 Å². The number of methoxy groups -OCH3 is 1. The Bertz CT molecular complexity index is 511. The van der Waals surface area contributed by atoms with Gasteiger partial charge in [0.05, 0.1) is 7.11 Å². The predicted octanol–water partition coefficient (Wildman–Crippen LogP) is 3.08. The molecule has 0 amide bonds. The van der Waals surface area contributed by atoms with Gasteiger partial charge in [-0.1, -0.05) is 12.1 Å². The fourth-order valence-corrected chi connectivity index (χ4v) is 1.59. The van der Waals surface area contributed by atoms with Crippen LogP contribution in [0.2, 0.25) is 0 Å². The molecule has 0 aliphatic rings. The summed E-state index contributed by atoms with van der Waals surface area (Å²) >= 11 is 0. The van der Waals surface area contributed by atoms with Crippen LogP contribution in [0.5, 0.6) is 5.75 Å². The molecular formula is C13H12FNO. The van der Waals surface area contributed by atoms with E-state index in [-0.39, 0.29) is 5.82 Å². The summed E-state index contributed by atoms with van der Waals surface area (Å²) < 4.78 is 18.0. The molecule has 0 spiro atoms. The third-order valence-corrected chi connectivity index (χ3v) is 2.39. The lowest BCUT2D eigenvalue weighted by atomic mass is 10.0. The minimum absolute atomic E-state index is 0.329. The molecule has 2 aromatic carbocycles. The molecule has 0 aliphatic carbocycles. The van der Waals surface area contributed by atoms with E-state index in [2.05, 4.69) is 0 Å². The summed E-state index contributed by atoms with van der Waals surface area (Å²) in [7, 11) is 1.60. The number of halogens is 1. The van der Waals surface area contributed by atoms with Gasteiger partial charge in [-0.3, -0.25) is 0 Å². The average Bonchev–Trinajstić information content (AvgIpc) is 2.29. The van der Waals surface area contributed by atoms with Gasteiger partial charge in [0, 0.05) is 11.3 Å². The van der Waals surface area contributed by atoms with E-state index >= 15 is 0 Å². The van der Waals surface area contributed by atoms with Crippen LogP contribution in [0, 0.1) is 5.82 Å². The number of hydrogen-bond acceptors (Lipinski definition) is 2. The van der Waals surface area contributed by atoms with E-state index in [1.165, 1.54) is 12.1 Å². The van der Waals surface area contributed by atoms with E-state index in [0.717, 1.165) is 16.9 Å². The minimum atomic E-state index is -0.329. The van der Waals surface area contributed by atoms with E-state index in [1.807, 2.05) is 24.3 Å². The van der Waals surface area contributed by atoms with E-state index in [4.69, 9.17) is 10.5 Å². The van der Waals surface area contributed by atoms with E-state index in [0.29, 0.717) is 5.69 Å². The summed E-state index contributed by atoms with van der Waals surface area (Å²) in [6, 6.07) is 11.9. The quantitative estimate of drug-likeness (QED) is 0.784. The van der Waals surface area contributed by atoms with Crippen LogP contribution in [0.1, 0.15) is 0 Å². The molecule has 0 heterocycles. The molecule has 16 heavy (non-hydrogen) atoms. The number of nitrogens with two attached hydrogens (primary N) is 1. The second-order valence-electron chi connectivity index (χ2n) is 3.46. The van der Waals surface area contributed by atoms with Crippen molar-refractivity contribution in [3.05, 3.63) is 48.3 Å². The first-order valence-corrected chi connectivity index (χ1v) is 4.90. The standard InChI is InChI=1S/C13H12FNO/c1-16-11-4-2-3-9(7-11)12-6-5-10(14)8-13(12)15/h2-8H,15H2,1H3. The molecule has 2 aromatic rings. The Morgan fingerprint density at radius 2 is 1.94 bits per heavy atom. The third-order valence-electron chi connectivity index (χ3n) is 2.39. The highest BCUT2D eigenvalue weighted by Crippen LogP contribution is 2.28. The van der Waals surface area contributed by atoms with Gasteiger partial charge in [0.1, 0.15) is 11.6 Å². The maximum absolute atomic E-state index is 12.9. The average molecular weight is 217 g/mol. The van der Waals surface area contributed by atoms with Crippen LogP contribution in [0.3, 0.4) is 0 Å². The molecule has 0 aromatic heterocycles. The van der Waals surface area contributed by atoms with E-state index < -0.39 is 0 Å². The molecule has 82 valence electrons. The van der Waals surface area contributed by atoms with Crippen LogP contribution in [0.4, 0.5) is 10.1 Å². The molecule has 0 unspecified atom stereocenters. The van der Waals surface area contributed by atoms with Crippen LogP contribution in [-0.2, 0) is 0 Å². The summed E-state index contributed by atoms with van der Waals surface area (Å²) in [6.07, 6.45) is 0. The zero-order valence-corrected chi connectivity index (χ0v) is 8.91. The van der Waals surface area contributed by atoms with Gasteiger partial charge in [0.15, 0.2) is 0 Å². The summed E-state index contributed by atoms with van der Waals surface area (Å²) in [5.41, 5.74) is 7.91. The second kappa shape index (κ2) is 4.23. The molecule has 2 rings (SSSR count). The minimum Gasteiger partial charge on any atom is -0.497 e. The summed E-state index contributed by atoms with van der Waals surface area (Å²) in [5.74, 6) is 0.422. The van der Waals surface area contributed by atoms with Gasteiger partial charge in [0.2, 0.25) is 0 Å². The van der Waals surface area contributed by atoms with E-state index in [9.17, 15) is 4.39 Å². The number of hydrogen-bond donors (Lipinski definition) is 1. The fourth-order valence-electron chi connectivity index (χ4n) is 1.59. The number of anilines is 1. The first-order valence-electron chi connectivity index (χ1n) is 4.90. The van der Waals surface area contributed by atoms with Gasteiger partial charge >= 0.3 is 0 Å². The van der Waals surface area contributed by atoms with Crippen molar-refractivity contribution in [2.75, 3.05) is 12.8 Å². The van der Waals surface area contributed by atoms with Crippen LogP contribution in [0.25, 0.3) is 11.1 Å². The Kier molecular flexibility index (Phi) is 2.77.